The molecule has 0 bridgehead atoms. The normalized spacial score (nSPS) is 12.9. The minimum atomic E-state index is -3.97. The topological polar surface area (TPSA) is 78.9 Å². The lowest BCUT2D eigenvalue weighted by atomic mass is 10.3. The van der Waals surface area contributed by atoms with Crippen molar-refractivity contribution in [1.29, 1.82) is 0 Å². The summed E-state index contributed by atoms with van der Waals surface area (Å²) in [6.45, 7) is 0. The van der Waals surface area contributed by atoms with Crippen LogP contribution in [0.3, 0.4) is 0 Å². The van der Waals surface area contributed by atoms with E-state index in [1.54, 1.807) is 0 Å². The van der Waals surface area contributed by atoms with E-state index in [0.29, 0.717) is 0 Å². The number of benzene rings is 1. The molecule has 0 aliphatic heterocycles. The Kier molecular flexibility index (Phi) is 6.98. The van der Waals surface area contributed by atoms with Crippen LogP contribution in [0.25, 0.3) is 0 Å². The molecule has 6 nitrogen and oxygen atoms in total. The zero-order valence-corrected chi connectivity index (χ0v) is 16.5. The van der Waals surface area contributed by atoms with Gasteiger partial charge in [-0.25, -0.2) is 13.7 Å². The zero-order chi connectivity index (χ0) is 16.5. The molecule has 0 aliphatic carbocycles. The second kappa shape index (κ2) is 7.30. The predicted octanol–water partition coefficient (Wildman–Crippen LogP) is 7.58. The Bertz CT molecular complexity index is 560. The lowest BCUT2D eigenvalue weighted by molar-refractivity contribution is 0.492. The van der Waals surface area contributed by atoms with Crippen LogP contribution in [0.4, 0.5) is 0 Å². The van der Waals surface area contributed by atoms with E-state index in [4.69, 9.17) is 67.4 Å². The van der Waals surface area contributed by atoms with Crippen LogP contribution in [0.15, 0.2) is 18.2 Å². The van der Waals surface area contributed by atoms with Crippen LogP contribution in [0.2, 0.25) is 0 Å². The summed E-state index contributed by atoms with van der Waals surface area (Å²) in [5.41, 5.74) is 0. The van der Waals surface area contributed by atoms with E-state index in [1.807, 2.05) is 0 Å². The van der Waals surface area contributed by atoms with Crippen LogP contribution in [0.1, 0.15) is 0 Å². The van der Waals surface area contributed by atoms with Crippen molar-refractivity contribution in [3.05, 3.63) is 18.2 Å². The van der Waals surface area contributed by atoms with E-state index < -0.39 is 18.2 Å². The van der Waals surface area contributed by atoms with Crippen LogP contribution in [-0.4, -0.2) is 0 Å². The molecule has 0 amide bonds. The fourth-order valence-corrected chi connectivity index (χ4v) is 3.56. The van der Waals surface area contributed by atoms with Gasteiger partial charge in [0.15, 0.2) is 0 Å². The zero-order valence-electron chi connectivity index (χ0n) is 9.29. The van der Waals surface area contributed by atoms with Gasteiger partial charge in [0.2, 0.25) is 0 Å². The second-order valence-corrected chi connectivity index (χ2v) is 15.8. The number of rotatable bonds is 6. The van der Waals surface area contributed by atoms with Crippen LogP contribution in [0, 0.1) is 0 Å². The molecule has 0 saturated heterocycles. The minimum absolute atomic E-state index is 0.251. The summed E-state index contributed by atoms with van der Waals surface area (Å²) in [7, 11) is 0. The Labute approximate surface area is 147 Å². The van der Waals surface area contributed by atoms with Gasteiger partial charge in [-0.1, -0.05) is 0 Å². The van der Waals surface area contributed by atoms with Crippen molar-refractivity contribution < 1.29 is 27.3 Å². The van der Waals surface area contributed by atoms with Crippen LogP contribution in [0.5, 0.6) is 17.2 Å². The van der Waals surface area contributed by atoms with Crippen molar-refractivity contribution in [2.45, 2.75) is 0 Å². The van der Waals surface area contributed by atoms with Gasteiger partial charge in [0.25, 0.3) is 0 Å². The van der Waals surface area contributed by atoms with Crippen molar-refractivity contribution in [3.8, 4) is 17.2 Å². The maximum Gasteiger partial charge on any atom is 0.428 e. The predicted molar refractivity (Wildman–Crippen MR) is 86.3 cm³/mol. The Morgan fingerprint density at radius 3 is 0.905 bits per heavy atom. The molecule has 0 atom stereocenters. The fourth-order valence-electron chi connectivity index (χ4n) is 1.07. The van der Waals surface area contributed by atoms with Crippen LogP contribution < -0.4 is 13.6 Å². The quantitative estimate of drug-likeness (QED) is 0.394. The minimum Gasteiger partial charge on any atom is -0.422 e. The smallest absolute Gasteiger partial charge is 0.422 e. The van der Waals surface area contributed by atoms with E-state index in [1.165, 1.54) is 0 Å². The van der Waals surface area contributed by atoms with E-state index in [-0.39, 0.29) is 17.2 Å². The van der Waals surface area contributed by atoms with Crippen LogP contribution in [-0.2, 0) is 13.7 Å². The first-order chi connectivity index (χ1) is 9.23. The van der Waals surface area contributed by atoms with E-state index in [0.717, 1.165) is 18.2 Å². The maximum absolute atomic E-state index is 11.2. The number of hydrogen-bond acceptors (Lipinski definition) is 6. The van der Waals surface area contributed by atoms with Gasteiger partial charge < -0.3 is 13.6 Å². The maximum atomic E-state index is 11.2. The molecule has 120 valence electrons. The molecule has 1 rings (SSSR count). The number of hydrogen-bond donors (Lipinski definition) is 0. The molecular weight excluding hydrogens is 474 g/mol. The van der Waals surface area contributed by atoms with Gasteiger partial charge in [-0.3, -0.25) is 0 Å². The number of halogens is 6. The summed E-state index contributed by atoms with van der Waals surface area (Å²) in [5.74, 6) is -0.752. The van der Waals surface area contributed by atoms with Gasteiger partial charge in [0.05, 0.1) is 0 Å². The molecular formula is C6H3Cl6O6P3. The molecule has 0 N–H and O–H groups in total. The third kappa shape index (κ3) is 9.71. The van der Waals surface area contributed by atoms with Gasteiger partial charge >= 0.3 is 18.2 Å². The van der Waals surface area contributed by atoms with Gasteiger partial charge in [-0.15, -0.1) is 0 Å². The lowest BCUT2D eigenvalue weighted by Crippen LogP contribution is -1.89. The third-order valence-corrected chi connectivity index (χ3v) is 4.00. The van der Waals surface area contributed by atoms with E-state index in [9.17, 15) is 13.7 Å². The molecule has 0 aliphatic rings. The van der Waals surface area contributed by atoms with Gasteiger partial charge in [0, 0.05) is 85.6 Å². The van der Waals surface area contributed by atoms with Crippen LogP contribution >= 0.6 is 85.7 Å². The monoisotopic (exact) mass is 474 g/mol. The molecule has 0 spiro atoms. The largest absolute Gasteiger partial charge is 0.428 e. The summed E-state index contributed by atoms with van der Waals surface area (Å²) in [5, 5.41) is 0. The summed E-state index contributed by atoms with van der Waals surface area (Å²) in [6.07, 6.45) is -11.9. The molecule has 0 radical (unpaired) electrons. The van der Waals surface area contributed by atoms with Gasteiger partial charge in [-0.2, -0.15) is 0 Å². The first-order valence-corrected chi connectivity index (χ1v) is 14.8. The summed E-state index contributed by atoms with van der Waals surface area (Å²) in [4.78, 5) is 0. The highest BCUT2D eigenvalue weighted by Gasteiger charge is 2.23. The molecule has 0 unspecified atom stereocenters. The third-order valence-electron chi connectivity index (χ3n) is 1.49. The Morgan fingerprint density at radius 1 is 0.571 bits per heavy atom. The first-order valence-electron chi connectivity index (χ1n) is 4.45. The highest BCUT2D eigenvalue weighted by Crippen LogP contribution is 2.61. The highest BCUT2D eigenvalue weighted by atomic mass is 35.9. The Balaban J connectivity index is 3.22. The van der Waals surface area contributed by atoms with Gasteiger partial charge in [-0.05, 0) is 0 Å². The molecule has 21 heavy (non-hydrogen) atoms. The van der Waals surface area contributed by atoms with Crippen molar-refractivity contribution in [2.24, 2.45) is 0 Å². The average molecular weight is 477 g/mol. The molecule has 0 aromatic heterocycles. The molecule has 0 saturated carbocycles. The molecule has 15 heteroatoms. The molecule has 1 aromatic rings. The van der Waals surface area contributed by atoms with Gasteiger partial charge in [0.1, 0.15) is 17.2 Å². The van der Waals surface area contributed by atoms with E-state index in [2.05, 4.69) is 13.6 Å². The average Bonchev–Trinajstić information content (AvgIpc) is 2.06. The first kappa shape index (κ1) is 20.1. The fraction of sp³-hybridized carbons (Fsp3) is 0. The van der Waals surface area contributed by atoms with E-state index >= 15 is 0 Å². The second-order valence-electron chi connectivity index (χ2n) is 3.16. The summed E-state index contributed by atoms with van der Waals surface area (Å²) < 4.78 is 47.6. The Morgan fingerprint density at radius 2 is 0.762 bits per heavy atom. The summed E-state index contributed by atoms with van der Waals surface area (Å²) >= 11 is 31.5. The highest BCUT2D eigenvalue weighted by molar-refractivity contribution is 8.06. The molecule has 1 aromatic carbocycles. The SMILES string of the molecule is O=P(Cl)(Cl)Oc1cc(OP(=O)(Cl)Cl)cc(OP(=O)(Cl)Cl)c1. The standard InChI is InChI=1S/C6H3Cl6O6P3/c7-19(8,13)16-4-1-5(17-20(9,10)14)3-6(2-4)18-21(11,12)15/h1-3H. The summed E-state index contributed by atoms with van der Waals surface area (Å²) in [6, 6.07) is 3.15. The Hall–Kier alpha value is 1.05. The molecule has 0 fully saturated rings. The van der Waals surface area contributed by atoms with Crippen molar-refractivity contribution in [1.82, 2.24) is 0 Å². The van der Waals surface area contributed by atoms with Crippen molar-refractivity contribution in [3.63, 3.8) is 0 Å². The van der Waals surface area contributed by atoms with Crippen molar-refractivity contribution in [2.75, 3.05) is 0 Å². The molecule has 0 heterocycles. The van der Waals surface area contributed by atoms with Crippen molar-refractivity contribution >= 4 is 85.7 Å². The lowest BCUT2D eigenvalue weighted by Gasteiger charge is -2.13.